The molecule has 0 saturated carbocycles. The molecule has 2 nitrogen and oxygen atoms in total. The lowest BCUT2D eigenvalue weighted by Gasteiger charge is -2.06. The number of hydrogen-bond donors (Lipinski definition) is 0. The summed E-state index contributed by atoms with van der Waals surface area (Å²) in [5, 5.41) is 4.49. The highest BCUT2D eigenvalue weighted by Crippen LogP contribution is 2.22. The van der Waals surface area contributed by atoms with Crippen molar-refractivity contribution in [3.63, 3.8) is 0 Å². The first-order chi connectivity index (χ1) is 9.63. The van der Waals surface area contributed by atoms with Gasteiger partial charge < -0.3 is 0 Å². The van der Waals surface area contributed by atoms with Gasteiger partial charge in [0.15, 0.2) is 0 Å². The molecule has 0 radical (unpaired) electrons. The Kier molecular flexibility index (Phi) is 3.15. The van der Waals surface area contributed by atoms with Crippen molar-refractivity contribution in [2.24, 2.45) is 0 Å². The molecule has 0 bridgehead atoms. The third-order valence-electron chi connectivity index (χ3n) is 3.57. The number of aryl methyl sites for hydroxylation is 3. The molecule has 100 valence electrons. The van der Waals surface area contributed by atoms with Crippen molar-refractivity contribution in [3.05, 3.63) is 71.5 Å². The van der Waals surface area contributed by atoms with Gasteiger partial charge in [-0.15, -0.1) is 0 Å². The van der Waals surface area contributed by atoms with Gasteiger partial charge in [-0.1, -0.05) is 47.5 Å². The average Bonchev–Trinajstić information content (AvgIpc) is 2.89. The molecule has 2 aromatic carbocycles. The maximum absolute atomic E-state index is 4.49. The molecule has 0 aliphatic heterocycles. The fourth-order valence-corrected chi connectivity index (χ4v) is 2.41. The quantitative estimate of drug-likeness (QED) is 0.666. The van der Waals surface area contributed by atoms with E-state index >= 15 is 0 Å². The van der Waals surface area contributed by atoms with Gasteiger partial charge in [-0.25, -0.2) is 4.68 Å². The standard InChI is InChI=1S/C18H18N2/c1-13-4-7-16(8-5-13)17-11-19-20(12-17)18-9-6-14(2)10-15(18)3/h4-12H,1-3H3. The molecule has 0 saturated heterocycles. The molecule has 1 aromatic heterocycles. The third-order valence-corrected chi connectivity index (χ3v) is 3.57. The van der Waals surface area contributed by atoms with Crippen molar-refractivity contribution >= 4 is 0 Å². The van der Waals surface area contributed by atoms with E-state index < -0.39 is 0 Å². The van der Waals surface area contributed by atoms with Crippen molar-refractivity contribution in [1.29, 1.82) is 0 Å². The number of nitrogens with zero attached hydrogens (tertiary/aromatic N) is 2. The molecule has 0 N–H and O–H groups in total. The summed E-state index contributed by atoms with van der Waals surface area (Å²) in [6, 6.07) is 15.0. The van der Waals surface area contributed by atoms with Crippen LogP contribution in [-0.2, 0) is 0 Å². The van der Waals surface area contributed by atoms with E-state index in [1.165, 1.54) is 22.3 Å². The molecule has 3 rings (SSSR count). The zero-order valence-corrected chi connectivity index (χ0v) is 12.1. The Morgan fingerprint density at radius 2 is 1.50 bits per heavy atom. The Balaban J connectivity index is 1.99. The summed E-state index contributed by atoms with van der Waals surface area (Å²) < 4.78 is 1.95. The van der Waals surface area contributed by atoms with Crippen LogP contribution < -0.4 is 0 Å². The van der Waals surface area contributed by atoms with Gasteiger partial charge in [0, 0.05) is 11.8 Å². The summed E-state index contributed by atoms with van der Waals surface area (Å²) in [6.45, 7) is 6.33. The van der Waals surface area contributed by atoms with Crippen molar-refractivity contribution in [1.82, 2.24) is 9.78 Å². The lowest BCUT2D eigenvalue weighted by atomic mass is 10.1. The predicted octanol–water partition coefficient (Wildman–Crippen LogP) is 4.46. The van der Waals surface area contributed by atoms with Gasteiger partial charge >= 0.3 is 0 Å². The normalized spacial score (nSPS) is 10.8. The highest BCUT2D eigenvalue weighted by atomic mass is 15.3. The number of hydrogen-bond acceptors (Lipinski definition) is 1. The SMILES string of the molecule is Cc1ccc(-c2cnn(-c3ccc(C)cc3C)c2)cc1. The number of benzene rings is 2. The molecule has 0 fully saturated rings. The highest BCUT2D eigenvalue weighted by molar-refractivity contribution is 5.62. The van der Waals surface area contributed by atoms with E-state index in [2.05, 4.69) is 74.5 Å². The second kappa shape index (κ2) is 4.97. The van der Waals surface area contributed by atoms with Gasteiger partial charge in [-0.3, -0.25) is 0 Å². The van der Waals surface area contributed by atoms with Crippen LogP contribution in [0.2, 0.25) is 0 Å². The first-order valence-corrected chi connectivity index (χ1v) is 6.83. The minimum atomic E-state index is 1.13. The topological polar surface area (TPSA) is 17.8 Å². The maximum atomic E-state index is 4.49. The van der Waals surface area contributed by atoms with E-state index in [1.54, 1.807) is 0 Å². The molecule has 0 spiro atoms. The van der Waals surface area contributed by atoms with Crippen molar-refractivity contribution in [3.8, 4) is 16.8 Å². The number of aromatic nitrogens is 2. The molecule has 0 atom stereocenters. The Morgan fingerprint density at radius 3 is 2.20 bits per heavy atom. The fraction of sp³-hybridized carbons (Fsp3) is 0.167. The summed E-state index contributed by atoms with van der Waals surface area (Å²) in [4.78, 5) is 0. The smallest absolute Gasteiger partial charge is 0.0675 e. The maximum Gasteiger partial charge on any atom is 0.0675 e. The molecule has 1 heterocycles. The summed E-state index contributed by atoms with van der Waals surface area (Å²) in [5.74, 6) is 0. The van der Waals surface area contributed by atoms with Crippen LogP contribution in [0.25, 0.3) is 16.8 Å². The molecule has 0 aliphatic rings. The Morgan fingerprint density at radius 1 is 0.800 bits per heavy atom. The highest BCUT2D eigenvalue weighted by Gasteiger charge is 2.05. The zero-order chi connectivity index (χ0) is 14.1. The molecule has 0 aliphatic carbocycles. The predicted molar refractivity (Wildman–Crippen MR) is 83.2 cm³/mol. The van der Waals surface area contributed by atoms with Crippen LogP contribution in [0.3, 0.4) is 0 Å². The second-order valence-corrected chi connectivity index (χ2v) is 5.33. The van der Waals surface area contributed by atoms with Gasteiger partial charge in [0.25, 0.3) is 0 Å². The van der Waals surface area contributed by atoms with Crippen LogP contribution in [0.15, 0.2) is 54.9 Å². The van der Waals surface area contributed by atoms with E-state index in [-0.39, 0.29) is 0 Å². The second-order valence-electron chi connectivity index (χ2n) is 5.33. The van der Waals surface area contributed by atoms with Gasteiger partial charge in [0.1, 0.15) is 0 Å². The molecule has 0 amide bonds. The van der Waals surface area contributed by atoms with Gasteiger partial charge in [-0.2, -0.15) is 5.10 Å². The van der Waals surface area contributed by atoms with Gasteiger partial charge in [-0.05, 0) is 38.0 Å². The molecule has 0 unspecified atom stereocenters. The van der Waals surface area contributed by atoms with Crippen molar-refractivity contribution < 1.29 is 0 Å². The largest absolute Gasteiger partial charge is 0.240 e. The monoisotopic (exact) mass is 262 g/mol. The molecular formula is C18H18N2. The number of rotatable bonds is 2. The van der Waals surface area contributed by atoms with Crippen LogP contribution in [-0.4, -0.2) is 9.78 Å². The minimum Gasteiger partial charge on any atom is -0.240 e. The zero-order valence-electron chi connectivity index (χ0n) is 12.1. The molecule has 3 aromatic rings. The lowest BCUT2D eigenvalue weighted by Crippen LogP contribution is -1.97. The molecule has 2 heteroatoms. The Labute approximate surface area is 119 Å². The van der Waals surface area contributed by atoms with Crippen molar-refractivity contribution in [2.45, 2.75) is 20.8 Å². The van der Waals surface area contributed by atoms with Crippen molar-refractivity contribution in [2.75, 3.05) is 0 Å². The van der Waals surface area contributed by atoms with Crippen LogP contribution in [0.1, 0.15) is 16.7 Å². The summed E-state index contributed by atoms with van der Waals surface area (Å²) in [6.07, 6.45) is 4.01. The van der Waals surface area contributed by atoms with E-state index in [4.69, 9.17) is 0 Å². The van der Waals surface area contributed by atoms with Crippen LogP contribution in [0.5, 0.6) is 0 Å². The van der Waals surface area contributed by atoms with Gasteiger partial charge in [0.05, 0.1) is 11.9 Å². The molecular weight excluding hydrogens is 244 g/mol. The third kappa shape index (κ3) is 2.37. The van der Waals surface area contributed by atoms with E-state index in [1.807, 2.05) is 10.9 Å². The average molecular weight is 262 g/mol. The fourth-order valence-electron chi connectivity index (χ4n) is 2.41. The van der Waals surface area contributed by atoms with Crippen LogP contribution in [0, 0.1) is 20.8 Å². The first-order valence-electron chi connectivity index (χ1n) is 6.83. The Hall–Kier alpha value is -2.35. The Bertz CT molecular complexity index is 736. The van der Waals surface area contributed by atoms with E-state index in [0.29, 0.717) is 0 Å². The van der Waals surface area contributed by atoms with E-state index in [9.17, 15) is 0 Å². The van der Waals surface area contributed by atoms with Crippen LogP contribution >= 0.6 is 0 Å². The summed E-state index contributed by atoms with van der Waals surface area (Å²) in [5.41, 5.74) is 7.27. The van der Waals surface area contributed by atoms with E-state index in [0.717, 1.165) is 11.3 Å². The molecule has 20 heavy (non-hydrogen) atoms. The summed E-state index contributed by atoms with van der Waals surface area (Å²) in [7, 11) is 0. The minimum absolute atomic E-state index is 1.13. The summed E-state index contributed by atoms with van der Waals surface area (Å²) >= 11 is 0. The van der Waals surface area contributed by atoms with Crippen LogP contribution in [0.4, 0.5) is 0 Å². The lowest BCUT2D eigenvalue weighted by molar-refractivity contribution is 0.872. The van der Waals surface area contributed by atoms with Gasteiger partial charge in [0.2, 0.25) is 0 Å². The first kappa shape index (κ1) is 12.7.